The third-order valence-corrected chi connectivity index (χ3v) is 5.15. The molecule has 1 aromatic carbocycles. The molecular weight excluding hydrogens is 366 g/mol. The standard InChI is InChI=1S/C13H22N2.C7H4ClNO3/c1-3-7-12(8-4-1)14-11-15-13-9-5-2-6-10-13;8-7(10)5-1-3-6(4-2-5)9(11)12/h12-13H,1-10H2;1-4H. The van der Waals surface area contributed by atoms with Gasteiger partial charge < -0.3 is 0 Å². The highest BCUT2D eigenvalue weighted by Gasteiger charge is 2.12. The van der Waals surface area contributed by atoms with Gasteiger partial charge in [-0.2, -0.15) is 0 Å². The molecule has 0 bridgehead atoms. The van der Waals surface area contributed by atoms with E-state index in [9.17, 15) is 14.9 Å². The topological polar surface area (TPSA) is 84.9 Å². The molecular formula is C20H26ClN3O3. The molecule has 0 N–H and O–H groups in total. The number of halogens is 1. The van der Waals surface area contributed by atoms with Crippen molar-refractivity contribution in [1.29, 1.82) is 0 Å². The van der Waals surface area contributed by atoms with Crippen LogP contribution in [0.1, 0.15) is 74.6 Å². The summed E-state index contributed by atoms with van der Waals surface area (Å²) in [7, 11) is 0. The van der Waals surface area contributed by atoms with E-state index in [-0.39, 0.29) is 11.3 Å². The van der Waals surface area contributed by atoms with E-state index >= 15 is 0 Å². The van der Waals surface area contributed by atoms with Gasteiger partial charge in [0, 0.05) is 17.7 Å². The summed E-state index contributed by atoms with van der Waals surface area (Å²) in [6.45, 7) is 0. The first-order valence-corrected chi connectivity index (χ1v) is 10.0. The van der Waals surface area contributed by atoms with E-state index in [1.165, 1.54) is 88.5 Å². The predicted molar refractivity (Wildman–Crippen MR) is 107 cm³/mol. The lowest BCUT2D eigenvalue weighted by Gasteiger charge is -2.17. The van der Waals surface area contributed by atoms with E-state index in [0.717, 1.165) is 0 Å². The first-order valence-electron chi connectivity index (χ1n) is 9.65. The van der Waals surface area contributed by atoms with Crippen molar-refractivity contribution in [2.45, 2.75) is 76.3 Å². The Morgan fingerprint density at radius 3 is 1.74 bits per heavy atom. The number of rotatable bonds is 4. The zero-order chi connectivity index (χ0) is 19.5. The van der Waals surface area contributed by atoms with Crippen LogP contribution in [0, 0.1) is 10.1 Å². The molecule has 6 nitrogen and oxygen atoms in total. The smallest absolute Gasteiger partial charge is 0.269 e. The second kappa shape index (κ2) is 11.6. The van der Waals surface area contributed by atoms with E-state index in [2.05, 4.69) is 16.0 Å². The molecule has 0 unspecified atom stereocenters. The van der Waals surface area contributed by atoms with Crippen molar-refractivity contribution in [2.75, 3.05) is 0 Å². The molecule has 2 aliphatic carbocycles. The minimum Gasteiger partial charge on any atom is -0.276 e. The van der Waals surface area contributed by atoms with E-state index in [4.69, 9.17) is 11.6 Å². The summed E-state index contributed by atoms with van der Waals surface area (Å²) in [5.41, 5.74) is 0.193. The normalized spacial score (nSPS) is 17.8. The van der Waals surface area contributed by atoms with Gasteiger partial charge in [0.25, 0.3) is 10.9 Å². The second-order valence-electron chi connectivity index (χ2n) is 7.02. The van der Waals surface area contributed by atoms with Gasteiger partial charge in [-0.3, -0.25) is 14.9 Å². The number of nitrogens with zero attached hydrogens (tertiary/aromatic N) is 3. The van der Waals surface area contributed by atoms with Crippen molar-refractivity contribution >= 4 is 28.5 Å². The maximum atomic E-state index is 10.5. The number of nitro benzene ring substituents is 1. The molecule has 2 fully saturated rings. The molecule has 0 atom stereocenters. The van der Waals surface area contributed by atoms with Crippen LogP contribution in [-0.2, 0) is 0 Å². The highest BCUT2D eigenvalue weighted by atomic mass is 35.5. The quantitative estimate of drug-likeness (QED) is 0.281. The Kier molecular flexibility index (Phi) is 9.16. The highest BCUT2D eigenvalue weighted by Crippen LogP contribution is 2.21. The summed E-state index contributed by atoms with van der Waals surface area (Å²) in [6, 6.07) is 9.13. The third kappa shape index (κ3) is 8.02. The van der Waals surface area contributed by atoms with Crippen LogP contribution >= 0.6 is 11.6 Å². The Balaban J connectivity index is 0.000000199. The number of nitro groups is 1. The fourth-order valence-electron chi connectivity index (χ4n) is 3.33. The summed E-state index contributed by atoms with van der Waals surface area (Å²) in [5.74, 6) is 0. The minimum atomic E-state index is -0.620. The number of hydrogen-bond donors (Lipinski definition) is 0. The summed E-state index contributed by atoms with van der Waals surface area (Å²) >= 11 is 5.13. The van der Waals surface area contributed by atoms with Gasteiger partial charge in [0.05, 0.1) is 23.0 Å². The molecule has 0 heterocycles. The molecule has 0 spiro atoms. The van der Waals surface area contributed by atoms with Gasteiger partial charge in [0.2, 0.25) is 0 Å². The van der Waals surface area contributed by atoms with Crippen LogP contribution in [0.15, 0.2) is 34.3 Å². The lowest BCUT2D eigenvalue weighted by atomic mass is 9.96. The fraction of sp³-hybridized carbons (Fsp3) is 0.600. The summed E-state index contributed by atoms with van der Waals surface area (Å²) < 4.78 is 0. The minimum absolute atomic E-state index is 0.0586. The van der Waals surface area contributed by atoms with Crippen molar-refractivity contribution in [3.8, 4) is 0 Å². The second-order valence-corrected chi connectivity index (χ2v) is 7.36. The average molecular weight is 392 g/mol. The van der Waals surface area contributed by atoms with Crippen LogP contribution in [0.4, 0.5) is 5.69 Å². The SMILES string of the molecule is C(=NC1CCCCC1)=NC1CCCCC1.O=C(Cl)c1ccc([N+](=O)[O-])cc1. The Morgan fingerprint density at radius 2 is 1.37 bits per heavy atom. The third-order valence-electron chi connectivity index (χ3n) is 4.94. The predicted octanol–water partition coefficient (Wildman–Crippen LogP) is 5.80. The molecule has 0 aliphatic heterocycles. The van der Waals surface area contributed by atoms with Crippen LogP contribution in [0.5, 0.6) is 0 Å². The van der Waals surface area contributed by atoms with Crippen molar-refractivity contribution in [3.63, 3.8) is 0 Å². The number of aliphatic imine (C=N–C) groups is 2. The van der Waals surface area contributed by atoms with Crippen molar-refractivity contribution < 1.29 is 9.72 Å². The van der Waals surface area contributed by atoms with Crippen LogP contribution in [0.25, 0.3) is 0 Å². The van der Waals surface area contributed by atoms with Gasteiger partial charge in [-0.1, -0.05) is 38.5 Å². The van der Waals surface area contributed by atoms with Crippen molar-refractivity contribution in [3.05, 3.63) is 39.9 Å². The van der Waals surface area contributed by atoms with E-state index < -0.39 is 10.2 Å². The number of carbonyl (C=O) groups excluding carboxylic acids is 1. The van der Waals surface area contributed by atoms with Gasteiger partial charge in [0.1, 0.15) is 0 Å². The molecule has 2 saturated carbocycles. The fourth-order valence-corrected chi connectivity index (χ4v) is 3.46. The summed E-state index contributed by atoms with van der Waals surface area (Å²) in [5, 5.41) is 9.55. The largest absolute Gasteiger partial charge is 0.276 e. The molecule has 0 saturated heterocycles. The van der Waals surface area contributed by atoms with E-state index in [1.54, 1.807) is 0 Å². The Morgan fingerprint density at radius 1 is 0.926 bits per heavy atom. The number of non-ortho nitro benzene ring substituents is 1. The molecule has 0 radical (unpaired) electrons. The maximum Gasteiger partial charge on any atom is 0.269 e. The average Bonchev–Trinajstić information content (AvgIpc) is 2.70. The van der Waals surface area contributed by atoms with Gasteiger partial charge in [-0.05, 0) is 49.4 Å². The van der Waals surface area contributed by atoms with Crippen LogP contribution in [0.3, 0.4) is 0 Å². The summed E-state index contributed by atoms with van der Waals surface area (Å²) in [6.07, 6.45) is 13.2. The molecule has 0 aromatic heterocycles. The van der Waals surface area contributed by atoms with E-state index in [0.29, 0.717) is 12.1 Å². The number of hydrogen-bond acceptors (Lipinski definition) is 5. The first-order chi connectivity index (χ1) is 13.1. The van der Waals surface area contributed by atoms with Crippen LogP contribution in [-0.4, -0.2) is 28.3 Å². The molecule has 0 amide bonds. The molecule has 2 aliphatic rings. The van der Waals surface area contributed by atoms with Gasteiger partial charge in [-0.15, -0.1) is 0 Å². The number of benzene rings is 1. The molecule has 146 valence electrons. The van der Waals surface area contributed by atoms with Crippen LogP contribution in [0.2, 0.25) is 0 Å². The van der Waals surface area contributed by atoms with Gasteiger partial charge in [0.15, 0.2) is 0 Å². The van der Waals surface area contributed by atoms with E-state index in [1.807, 2.05) is 0 Å². The zero-order valence-corrected chi connectivity index (χ0v) is 16.2. The van der Waals surface area contributed by atoms with Crippen molar-refractivity contribution in [1.82, 2.24) is 0 Å². The Bertz CT molecular complexity index is 617. The van der Waals surface area contributed by atoms with Gasteiger partial charge >= 0.3 is 0 Å². The molecule has 1 aromatic rings. The lowest BCUT2D eigenvalue weighted by molar-refractivity contribution is -0.384. The maximum absolute atomic E-state index is 10.5. The monoisotopic (exact) mass is 391 g/mol. The lowest BCUT2D eigenvalue weighted by Crippen LogP contribution is -2.10. The molecule has 7 heteroatoms. The van der Waals surface area contributed by atoms with Crippen LogP contribution < -0.4 is 0 Å². The summed E-state index contributed by atoms with van der Waals surface area (Å²) in [4.78, 5) is 29.1. The van der Waals surface area contributed by atoms with Crippen molar-refractivity contribution in [2.24, 2.45) is 9.98 Å². The first kappa shape index (κ1) is 21.3. The molecule has 27 heavy (non-hydrogen) atoms. The zero-order valence-electron chi connectivity index (χ0n) is 15.5. The molecule has 3 rings (SSSR count). The Labute approximate surface area is 164 Å². The highest BCUT2D eigenvalue weighted by molar-refractivity contribution is 6.67. The Hall–Kier alpha value is -2.04. The van der Waals surface area contributed by atoms with Gasteiger partial charge in [-0.25, -0.2) is 9.98 Å². The number of carbonyl (C=O) groups is 1.